The van der Waals surface area contributed by atoms with Crippen LogP contribution in [-0.2, 0) is 4.79 Å². The molecule has 3 unspecified atom stereocenters. The molecule has 2 aliphatic carbocycles. The van der Waals surface area contributed by atoms with Crippen LogP contribution in [0.25, 0.3) is 0 Å². The predicted octanol–water partition coefficient (Wildman–Crippen LogP) is 3.43. The lowest BCUT2D eigenvalue weighted by atomic mass is 9.68. The number of aliphatic hydroxyl groups is 1. The Kier molecular flexibility index (Phi) is 3.68. The molecule has 1 aromatic rings. The largest absolute Gasteiger partial charge is 0.392 e. The van der Waals surface area contributed by atoms with E-state index in [4.69, 9.17) is 0 Å². The van der Waals surface area contributed by atoms with Gasteiger partial charge in [-0.05, 0) is 44.2 Å². The first-order chi connectivity index (χ1) is 9.21. The van der Waals surface area contributed by atoms with Gasteiger partial charge in [-0.3, -0.25) is 4.79 Å². The number of hydrogen-bond acceptors (Lipinski definition) is 3. The van der Waals surface area contributed by atoms with Crippen molar-refractivity contribution in [3.05, 3.63) is 30.3 Å². The van der Waals surface area contributed by atoms with E-state index in [1.807, 2.05) is 30.0 Å². The lowest BCUT2D eigenvalue weighted by molar-refractivity contribution is -0.132. The summed E-state index contributed by atoms with van der Waals surface area (Å²) in [6.07, 6.45) is 5.12. The number of ketones is 1. The van der Waals surface area contributed by atoms with E-state index >= 15 is 0 Å². The minimum atomic E-state index is -0.433. The van der Waals surface area contributed by atoms with Gasteiger partial charge in [0.25, 0.3) is 0 Å². The quantitative estimate of drug-likeness (QED) is 0.899. The van der Waals surface area contributed by atoms with E-state index in [1.54, 1.807) is 0 Å². The normalized spacial score (nSPS) is 34.9. The van der Waals surface area contributed by atoms with E-state index in [9.17, 15) is 9.90 Å². The second-order valence-corrected chi connectivity index (χ2v) is 7.23. The molecule has 3 heteroatoms. The topological polar surface area (TPSA) is 37.3 Å². The van der Waals surface area contributed by atoms with Gasteiger partial charge in [0.1, 0.15) is 5.78 Å². The van der Waals surface area contributed by atoms with Crippen LogP contribution in [0.3, 0.4) is 0 Å². The highest BCUT2D eigenvalue weighted by Crippen LogP contribution is 2.53. The van der Waals surface area contributed by atoms with Crippen molar-refractivity contribution in [2.24, 2.45) is 5.92 Å². The van der Waals surface area contributed by atoms with Crippen LogP contribution in [0, 0.1) is 5.92 Å². The number of carbonyl (C=O) groups excluding carboxylic acids is 1. The summed E-state index contributed by atoms with van der Waals surface area (Å²) in [6, 6.07) is 10.3. The van der Waals surface area contributed by atoms with Gasteiger partial charge in [-0.15, -0.1) is 11.8 Å². The molecule has 2 aliphatic rings. The molecule has 2 nitrogen and oxygen atoms in total. The first-order valence-corrected chi connectivity index (χ1v) is 7.98. The van der Waals surface area contributed by atoms with Crippen molar-refractivity contribution in [1.82, 2.24) is 0 Å². The van der Waals surface area contributed by atoms with Crippen LogP contribution in [0.5, 0.6) is 0 Å². The summed E-state index contributed by atoms with van der Waals surface area (Å²) in [5.74, 6) is 0.127. The van der Waals surface area contributed by atoms with E-state index in [0.717, 1.165) is 32.1 Å². The molecule has 3 rings (SSSR count). The predicted molar refractivity (Wildman–Crippen MR) is 77.2 cm³/mol. The summed E-state index contributed by atoms with van der Waals surface area (Å²) >= 11 is 1.82. The standard InChI is InChI=1S/C16H20O2S/c17-13-8-4-10-16(11-5-9-14(18)15(13)16)19-12-6-2-1-3-7-12/h1-3,6-7,13,15,17H,4-5,8-11H2. The lowest BCUT2D eigenvalue weighted by Gasteiger charge is -2.48. The molecule has 2 saturated carbocycles. The lowest BCUT2D eigenvalue weighted by Crippen LogP contribution is -2.51. The third-order valence-electron chi connectivity index (χ3n) is 4.49. The van der Waals surface area contributed by atoms with Gasteiger partial charge in [0.2, 0.25) is 0 Å². The highest BCUT2D eigenvalue weighted by Gasteiger charge is 2.51. The van der Waals surface area contributed by atoms with Crippen LogP contribution < -0.4 is 0 Å². The molecule has 0 saturated heterocycles. The molecule has 0 heterocycles. The van der Waals surface area contributed by atoms with Crippen LogP contribution in [0.2, 0.25) is 0 Å². The van der Waals surface area contributed by atoms with Crippen LogP contribution in [0.4, 0.5) is 0 Å². The zero-order valence-corrected chi connectivity index (χ0v) is 11.9. The molecule has 0 amide bonds. The molecule has 1 aromatic carbocycles. The molecule has 0 bridgehead atoms. The number of fused-ring (bicyclic) bond motifs is 1. The smallest absolute Gasteiger partial charge is 0.139 e. The molecule has 0 aliphatic heterocycles. The molecule has 0 spiro atoms. The van der Waals surface area contributed by atoms with Crippen molar-refractivity contribution >= 4 is 17.5 Å². The van der Waals surface area contributed by atoms with E-state index in [1.165, 1.54) is 4.90 Å². The molecular formula is C16H20O2S. The number of Topliss-reactive ketones (excluding diaryl/α,β-unsaturated/α-hetero) is 1. The van der Waals surface area contributed by atoms with Gasteiger partial charge in [-0.1, -0.05) is 18.2 Å². The van der Waals surface area contributed by atoms with Gasteiger partial charge in [0.15, 0.2) is 0 Å². The summed E-state index contributed by atoms with van der Waals surface area (Å²) in [4.78, 5) is 13.5. The molecule has 0 aromatic heterocycles. The van der Waals surface area contributed by atoms with E-state index in [2.05, 4.69) is 12.1 Å². The number of hydrogen-bond donors (Lipinski definition) is 1. The van der Waals surface area contributed by atoms with Crippen LogP contribution >= 0.6 is 11.8 Å². The van der Waals surface area contributed by atoms with Crippen molar-refractivity contribution < 1.29 is 9.90 Å². The highest BCUT2D eigenvalue weighted by atomic mass is 32.2. The second kappa shape index (κ2) is 5.29. The number of carbonyl (C=O) groups is 1. The van der Waals surface area contributed by atoms with Crippen LogP contribution in [0.1, 0.15) is 38.5 Å². The highest BCUT2D eigenvalue weighted by molar-refractivity contribution is 8.00. The fourth-order valence-corrected chi connectivity index (χ4v) is 5.35. The average Bonchev–Trinajstić information content (AvgIpc) is 2.39. The van der Waals surface area contributed by atoms with Crippen LogP contribution in [0.15, 0.2) is 35.2 Å². The van der Waals surface area contributed by atoms with Crippen molar-refractivity contribution in [2.45, 2.75) is 54.3 Å². The summed E-state index contributed by atoms with van der Waals surface area (Å²) in [7, 11) is 0. The first kappa shape index (κ1) is 13.2. The van der Waals surface area contributed by atoms with Crippen molar-refractivity contribution in [3.63, 3.8) is 0 Å². The fourth-order valence-electron chi connectivity index (χ4n) is 3.68. The molecule has 3 atom stereocenters. The Morgan fingerprint density at radius 3 is 2.68 bits per heavy atom. The maximum atomic E-state index is 12.3. The summed E-state index contributed by atoms with van der Waals surface area (Å²) in [5, 5.41) is 10.3. The van der Waals surface area contributed by atoms with Crippen LogP contribution in [-0.4, -0.2) is 21.7 Å². The van der Waals surface area contributed by atoms with Gasteiger partial charge in [0, 0.05) is 16.1 Å². The Balaban J connectivity index is 1.91. The third kappa shape index (κ3) is 2.46. The van der Waals surface area contributed by atoms with Gasteiger partial charge >= 0.3 is 0 Å². The average molecular weight is 276 g/mol. The summed E-state index contributed by atoms with van der Waals surface area (Å²) in [6.45, 7) is 0. The number of aliphatic hydroxyl groups excluding tert-OH is 1. The van der Waals surface area contributed by atoms with E-state index in [0.29, 0.717) is 6.42 Å². The minimum Gasteiger partial charge on any atom is -0.392 e. The maximum Gasteiger partial charge on any atom is 0.139 e. The SMILES string of the molecule is O=C1CCCC2(Sc3ccccc3)CCCC(O)C12. The van der Waals surface area contributed by atoms with E-state index < -0.39 is 6.10 Å². The molecular weight excluding hydrogens is 256 g/mol. The van der Waals surface area contributed by atoms with Gasteiger partial charge in [-0.2, -0.15) is 0 Å². The molecule has 1 N–H and O–H groups in total. The maximum absolute atomic E-state index is 12.3. The first-order valence-electron chi connectivity index (χ1n) is 7.16. The van der Waals surface area contributed by atoms with Crippen molar-refractivity contribution in [3.8, 4) is 0 Å². The van der Waals surface area contributed by atoms with Gasteiger partial charge < -0.3 is 5.11 Å². The Hall–Kier alpha value is -0.800. The molecule has 2 fully saturated rings. The Morgan fingerprint density at radius 2 is 1.89 bits per heavy atom. The van der Waals surface area contributed by atoms with Crippen molar-refractivity contribution in [1.29, 1.82) is 0 Å². The minimum absolute atomic E-state index is 0.0612. The monoisotopic (exact) mass is 276 g/mol. The third-order valence-corrected chi connectivity index (χ3v) is 6.06. The Bertz CT molecular complexity index is 455. The number of rotatable bonds is 2. The summed E-state index contributed by atoms with van der Waals surface area (Å²) in [5.41, 5.74) is 0. The number of thioether (sulfide) groups is 1. The Labute approximate surface area is 118 Å². The number of benzene rings is 1. The zero-order valence-electron chi connectivity index (χ0n) is 11.0. The zero-order chi connectivity index (χ0) is 13.3. The van der Waals surface area contributed by atoms with Crippen molar-refractivity contribution in [2.75, 3.05) is 0 Å². The molecule has 102 valence electrons. The van der Waals surface area contributed by atoms with E-state index in [-0.39, 0.29) is 16.4 Å². The second-order valence-electron chi connectivity index (χ2n) is 5.74. The molecule has 0 radical (unpaired) electrons. The van der Waals surface area contributed by atoms with Gasteiger partial charge in [0.05, 0.1) is 12.0 Å². The fraction of sp³-hybridized carbons (Fsp3) is 0.562. The molecule has 19 heavy (non-hydrogen) atoms. The summed E-state index contributed by atoms with van der Waals surface area (Å²) < 4.78 is -0.0612. The van der Waals surface area contributed by atoms with Gasteiger partial charge in [-0.25, -0.2) is 0 Å². The Morgan fingerprint density at radius 1 is 1.16 bits per heavy atom.